The Bertz CT molecular complexity index is 903. The van der Waals surface area contributed by atoms with Gasteiger partial charge in [-0.2, -0.15) is 4.31 Å². The van der Waals surface area contributed by atoms with Crippen LogP contribution in [-0.2, 0) is 19.6 Å². The number of nitro benzene ring substituents is 1. The Kier molecular flexibility index (Phi) is 5.45. The minimum Gasteiger partial charge on any atom is -0.379 e. The Morgan fingerprint density at radius 2 is 1.72 bits per heavy atom. The number of nitrogens with zero attached hydrogens (tertiary/aromatic N) is 4. The first-order valence-electron chi connectivity index (χ1n) is 9.78. The van der Waals surface area contributed by atoms with Crippen LogP contribution >= 0.6 is 0 Å². The van der Waals surface area contributed by atoms with Crippen molar-refractivity contribution in [2.75, 3.05) is 57.4 Å². The van der Waals surface area contributed by atoms with Crippen molar-refractivity contribution in [1.29, 1.82) is 0 Å². The third-order valence-corrected chi connectivity index (χ3v) is 7.50. The van der Waals surface area contributed by atoms with Crippen LogP contribution in [0.3, 0.4) is 0 Å². The van der Waals surface area contributed by atoms with E-state index >= 15 is 0 Å². The smallest absolute Gasteiger partial charge is 0.293 e. The maximum absolute atomic E-state index is 12.8. The summed E-state index contributed by atoms with van der Waals surface area (Å²) in [6, 6.07) is 4.07. The molecule has 4 rings (SSSR count). The molecule has 0 aromatic heterocycles. The first-order valence-corrected chi connectivity index (χ1v) is 11.2. The lowest BCUT2D eigenvalue weighted by Gasteiger charge is -2.36. The minimum atomic E-state index is -3.81. The molecule has 0 bridgehead atoms. The van der Waals surface area contributed by atoms with Gasteiger partial charge in [0.2, 0.25) is 15.9 Å². The maximum Gasteiger partial charge on any atom is 0.293 e. The van der Waals surface area contributed by atoms with Gasteiger partial charge in [-0.1, -0.05) is 0 Å². The van der Waals surface area contributed by atoms with E-state index in [1.54, 1.807) is 0 Å². The summed E-state index contributed by atoms with van der Waals surface area (Å²) in [6.07, 6.45) is 1.90. The molecule has 3 aliphatic rings. The molecule has 2 saturated heterocycles. The molecule has 2 heterocycles. The number of carbonyl (C=O) groups excluding carboxylic acids is 1. The fourth-order valence-corrected chi connectivity index (χ4v) is 5.20. The van der Waals surface area contributed by atoms with E-state index in [-0.39, 0.29) is 35.5 Å². The molecule has 11 heteroatoms. The molecule has 29 heavy (non-hydrogen) atoms. The largest absolute Gasteiger partial charge is 0.379 e. The molecule has 2 aliphatic heterocycles. The Morgan fingerprint density at radius 3 is 2.31 bits per heavy atom. The second kappa shape index (κ2) is 7.88. The Balaban J connectivity index is 1.54. The van der Waals surface area contributed by atoms with Gasteiger partial charge >= 0.3 is 0 Å². The van der Waals surface area contributed by atoms with Gasteiger partial charge in [-0.3, -0.25) is 14.9 Å². The average molecular weight is 424 g/mol. The minimum absolute atomic E-state index is 0.0857. The van der Waals surface area contributed by atoms with E-state index in [0.29, 0.717) is 45.1 Å². The van der Waals surface area contributed by atoms with Crippen LogP contribution in [0.1, 0.15) is 12.8 Å². The van der Waals surface area contributed by atoms with E-state index in [1.165, 1.54) is 16.4 Å². The van der Waals surface area contributed by atoms with E-state index in [2.05, 4.69) is 0 Å². The zero-order valence-corrected chi connectivity index (χ0v) is 16.8. The summed E-state index contributed by atoms with van der Waals surface area (Å²) in [5.74, 6) is 0.326. The maximum atomic E-state index is 12.8. The zero-order valence-electron chi connectivity index (χ0n) is 16.0. The van der Waals surface area contributed by atoms with Crippen molar-refractivity contribution in [3.63, 3.8) is 0 Å². The first kappa shape index (κ1) is 20.0. The van der Waals surface area contributed by atoms with Crippen LogP contribution in [0.5, 0.6) is 0 Å². The number of sulfonamides is 1. The number of piperazine rings is 1. The lowest BCUT2D eigenvalue weighted by atomic mass is 10.2. The summed E-state index contributed by atoms with van der Waals surface area (Å²) in [5.41, 5.74) is 0.149. The van der Waals surface area contributed by atoms with Crippen LogP contribution < -0.4 is 4.90 Å². The number of ether oxygens (including phenoxy) is 1. The highest BCUT2D eigenvalue weighted by molar-refractivity contribution is 7.89. The Labute approximate surface area is 169 Å². The summed E-state index contributed by atoms with van der Waals surface area (Å²) in [4.78, 5) is 26.9. The molecule has 0 spiro atoms. The van der Waals surface area contributed by atoms with Crippen molar-refractivity contribution < 1.29 is 22.9 Å². The van der Waals surface area contributed by atoms with Crippen LogP contribution in [0.15, 0.2) is 23.1 Å². The monoisotopic (exact) mass is 424 g/mol. The predicted molar refractivity (Wildman–Crippen MR) is 104 cm³/mol. The van der Waals surface area contributed by atoms with Gasteiger partial charge < -0.3 is 14.5 Å². The first-order chi connectivity index (χ1) is 13.9. The third-order valence-electron chi connectivity index (χ3n) is 5.61. The number of amides is 1. The number of morpholine rings is 1. The predicted octanol–water partition coefficient (Wildman–Crippen LogP) is 0.674. The number of nitro groups is 1. The second-order valence-corrected chi connectivity index (χ2v) is 9.45. The molecular formula is C18H24N4O6S. The topological polar surface area (TPSA) is 113 Å². The highest BCUT2D eigenvalue weighted by Crippen LogP contribution is 2.34. The Morgan fingerprint density at radius 1 is 1.07 bits per heavy atom. The van der Waals surface area contributed by atoms with E-state index < -0.39 is 14.9 Å². The molecule has 0 radical (unpaired) electrons. The quantitative estimate of drug-likeness (QED) is 0.504. The van der Waals surface area contributed by atoms with Crippen molar-refractivity contribution in [3.8, 4) is 0 Å². The van der Waals surface area contributed by atoms with Gasteiger partial charge in [-0.05, 0) is 25.0 Å². The Hall–Kier alpha value is -2.24. The van der Waals surface area contributed by atoms with Gasteiger partial charge in [0, 0.05) is 51.3 Å². The molecule has 0 unspecified atom stereocenters. The zero-order chi connectivity index (χ0) is 20.6. The molecule has 10 nitrogen and oxygen atoms in total. The van der Waals surface area contributed by atoms with Crippen molar-refractivity contribution in [2.24, 2.45) is 5.92 Å². The number of benzene rings is 1. The van der Waals surface area contributed by atoms with E-state index in [0.717, 1.165) is 18.9 Å². The molecule has 1 amide bonds. The average Bonchev–Trinajstić information content (AvgIpc) is 3.59. The summed E-state index contributed by atoms with van der Waals surface area (Å²) in [7, 11) is -3.81. The van der Waals surface area contributed by atoms with Crippen molar-refractivity contribution in [2.45, 2.75) is 17.7 Å². The molecule has 0 atom stereocenters. The van der Waals surface area contributed by atoms with Crippen LogP contribution in [0.2, 0.25) is 0 Å². The summed E-state index contributed by atoms with van der Waals surface area (Å²) >= 11 is 0. The van der Waals surface area contributed by atoms with Crippen LogP contribution in [-0.4, -0.2) is 80.9 Å². The number of hydrogen-bond acceptors (Lipinski definition) is 7. The van der Waals surface area contributed by atoms with Crippen LogP contribution in [0, 0.1) is 16.0 Å². The van der Waals surface area contributed by atoms with Crippen LogP contribution in [0.25, 0.3) is 0 Å². The number of rotatable bonds is 5. The van der Waals surface area contributed by atoms with Gasteiger partial charge in [-0.15, -0.1) is 0 Å². The highest BCUT2D eigenvalue weighted by atomic mass is 32.2. The standard InChI is InChI=1S/C18H24N4O6S/c23-18(14-1-2-14)20-7-5-19(6-8-20)16-4-3-15(13-17(16)22(24)25)29(26,27)21-9-11-28-12-10-21/h3-4,13-14H,1-2,5-12H2. The summed E-state index contributed by atoms with van der Waals surface area (Å²) in [5, 5.41) is 11.7. The van der Waals surface area contributed by atoms with E-state index in [4.69, 9.17) is 4.74 Å². The highest BCUT2D eigenvalue weighted by Gasteiger charge is 2.36. The van der Waals surface area contributed by atoms with E-state index in [9.17, 15) is 23.3 Å². The number of hydrogen-bond donors (Lipinski definition) is 0. The van der Waals surface area contributed by atoms with Gasteiger partial charge in [-0.25, -0.2) is 8.42 Å². The third kappa shape index (κ3) is 4.07. The fourth-order valence-electron chi connectivity index (χ4n) is 3.77. The molecule has 1 aliphatic carbocycles. The molecule has 1 aromatic carbocycles. The van der Waals surface area contributed by atoms with Crippen LogP contribution in [0.4, 0.5) is 11.4 Å². The van der Waals surface area contributed by atoms with Gasteiger partial charge in [0.05, 0.1) is 23.0 Å². The van der Waals surface area contributed by atoms with Gasteiger partial charge in [0.1, 0.15) is 5.69 Å². The normalized spacial score (nSPS) is 21.2. The molecular weight excluding hydrogens is 400 g/mol. The number of carbonyl (C=O) groups is 1. The molecule has 0 N–H and O–H groups in total. The second-order valence-electron chi connectivity index (χ2n) is 7.51. The molecule has 3 fully saturated rings. The summed E-state index contributed by atoms with van der Waals surface area (Å²) in [6.45, 7) is 3.07. The lowest BCUT2D eigenvalue weighted by Crippen LogP contribution is -2.49. The van der Waals surface area contributed by atoms with E-state index in [1.807, 2.05) is 9.80 Å². The number of anilines is 1. The lowest BCUT2D eigenvalue weighted by molar-refractivity contribution is -0.384. The van der Waals surface area contributed by atoms with Gasteiger partial charge in [0.15, 0.2) is 0 Å². The molecule has 1 aromatic rings. The van der Waals surface area contributed by atoms with Crippen molar-refractivity contribution in [3.05, 3.63) is 28.3 Å². The van der Waals surface area contributed by atoms with Crippen molar-refractivity contribution >= 4 is 27.3 Å². The molecule has 158 valence electrons. The fraction of sp³-hybridized carbons (Fsp3) is 0.611. The van der Waals surface area contributed by atoms with Crippen molar-refractivity contribution in [1.82, 2.24) is 9.21 Å². The van der Waals surface area contributed by atoms with Gasteiger partial charge in [0.25, 0.3) is 5.69 Å². The molecule has 1 saturated carbocycles. The SMILES string of the molecule is O=C(C1CC1)N1CCN(c2ccc(S(=O)(=O)N3CCOCC3)cc2[N+](=O)[O-])CC1. The summed E-state index contributed by atoms with van der Waals surface area (Å²) < 4.78 is 32.1.